The zero-order valence-electron chi connectivity index (χ0n) is 9.75. The van der Waals surface area contributed by atoms with Gasteiger partial charge in [-0.15, -0.1) is 0 Å². The maximum absolute atomic E-state index is 9.85. The van der Waals surface area contributed by atoms with Crippen LogP contribution < -0.4 is 4.90 Å². The Balaban J connectivity index is 2.34. The van der Waals surface area contributed by atoms with Crippen LogP contribution in [0.3, 0.4) is 0 Å². The van der Waals surface area contributed by atoms with Gasteiger partial charge < -0.3 is 10.0 Å². The van der Waals surface area contributed by atoms with Crippen molar-refractivity contribution in [2.45, 2.75) is 32.3 Å². The molecule has 2 rings (SSSR count). The number of rotatable bonds is 2. The summed E-state index contributed by atoms with van der Waals surface area (Å²) in [4.78, 5) is 2.28. The van der Waals surface area contributed by atoms with Gasteiger partial charge in [0.05, 0.1) is 5.60 Å². The second-order valence-electron chi connectivity index (χ2n) is 5.08. The van der Waals surface area contributed by atoms with Gasteiger partial charge in [0.25, 0.3) is 0 Å². The molecule has 0 bridgehead atoms. The monoisotopic (exact) mass is 205 g/mol. The van der Waals surface area contributed by atoms with Crippen molar-refractivity contribution < 1.29 is 5.11 Å². The topological polar surface area (TPSA) is 23.5 Å². The first-order valence-electron chi connectivity index (χ1n) is 5.52. The highest BCUT2D eigenvalue weighted by atomic mass is 16.3. The number of aliphatic hydroxyl groups is 1. The van der Waals surface area contributed by atoms with Crippen LogP contribution in [-0.2, 0) is 12.8 Å². The van der Waals surface area contributed by atoms with E-state index in [9.17, 15) is 5.11 Å². The molecule has 1 aliphatic heterocycles. The molecule has 0 amide bonds. The summed E-state index contributed by atoms with van der Waals surface area (Å²) in [5.41, 5.74) is 3.43. The van der Waals surface area contributed by atoms with Crippen LogP contribution in [0, 0.1) is 0 Å². The summed E-state index contributed by atoms with van der Waals surface area (Å²) < 4.78 is 0. The number of hydrogen-bond donors (Lipinski definition) is 1. The zero-order chi connectivity index (χ0) is 11.1. The summed E-state index contributed by atoms with van der Waals surface area (Å²) in [5.74, 6) is 0. The Kier molecular flexibility index (Phi) is 2.47. The minimum absolute atomic E-state index is 0.615. The number of likely N-dealkylation sites (N-methyl/N-ethyl adjacent to an activating group) is 1. The van der Waals surface area contributed by atoms with Gasteiger partial charge in [0, 0.05) is 25.7 Å². The molecule has 0 saturated heterocycles. The Bertz CT molecular complexity index is 365. The third-order valence-corrected chi connectivity index (χ3v) is 2.98. The van der Waals surface area contributed by atoms with Gasteiger partial charge in [0.1, 0.15) is 0 Å². The van der Waals surface area contributed by atoms with E-state index in [1.54, 1.807) is 0 Å². The predicted octanol–water partition coefficient (Wildman–Crippen LogP) is 1.99. The molecule has 1 aliphatic rings. The lowest BCUT2D eigenvalue weighted by Gasteiger charge is -2.19. The molecule has 2 heteroatoms. The molecule has 0 unspecified atom stereocenters. The van der Waals surface area contributed by atoms with Crippen molar-refractivity contribution in [3.63, 3.8) is 0 Å². The SMILES string of the molecule is CN1CCc2c(CC(C)(C)O)cccc21. The standard InChI is InChI=1S/C13H19NO/c1-13(2,15)9-10-5-4-6-12-11(10)7-8-14(12)3/h4-6,15H,7-9H2,1-3H3. The van der Waals surface area contributed by atoms with E-state index >= 15 is 0 Å². The lowest BCUT2D eigenvalue weighted by molar-refractivity contribution is 0.0808. The zero-order valence-corrected chi connectivity index (χ0v) is 9.75. The van der Waals surface area contributed by atoms with E-state index in [0.29, 0.717) is 0 Å². The van der Waals surface area contributed by atoms with Crippen LogP contribution in [-0.4, -0.2) is 24.3 Å². The van der Waals surface area contributed by atoms with Crippen molar-refractivity contribution in [2.24, 2.45) is 0 Å². The number of hydrogen-bond acceptors (Lipinski definition) is 2. The number of fused-ring (bicyclic) bond motifs is 1. The second kappa shape index (κ2) is 3.53. The summed E-state index contributed by atoms with van der Waals surface area (Å²) in [7, 11) is 2.12. The van der Waals surface area contributed by atoms with Crippen LogP contribution in [0.5, 0.6) is 0 Å². The lowest BCUT2D eigenvalue weighted by Crippen LogP contribution is -2.22. The van der Waals surface area contributed by atoms with Gasteiger partial charge in [0.2, 0.25) is 0 Å². The summed E-state index contributed by atoms with van der Waals surface area (Å²) in [6, 6.07) is 6.38. The molecule has 82 valence electrons. The highest BCUT2D eigenvalue weighted by Gasteiger charge is 2.22. The first-order chi connectivity index (χ1) is 6.97. The summed E-state index contributed by atoms with van der Waals surface area (Å²) in [5, 5.41) is 9.85. The smallest absolute Gasteiger partial charge is 0.0632 e. The molecule has 0 aromatic heterocycles. The molecule has 0 radical (unpaired) electrons. The van der Waals surface area contributed by atoms with E-state index in [2.05, 4.69) is 30.1 Å². The number of nitrogens with zero attached hydrogens (tertiary/aromatic N) is 1. The molecule has 1 heterocycles. The van der Waals surface area contributed by atoms with Crippen molar-refractivity contribution >= 4 is 5.69 Å². The van der Waals surface area contributed by atoms with Crippen molar-refractivity contribution in [1.82, 2.24) is 0 Å². The molecule has 0 spiro atoms. The number of benzene rings is 1. The minimum Gasteiger partial charge on any atom is -0.390 e. The van der Waals surface area contributed by atoms with E-state index in [1.807, 2.05) is 13.8 Å². The van der Waals surface area contributed by atoms with E-state index in [-0.39, 0.29) is 0 Å². The Hall–Kier alpha value is -1.02. The van der Waals surface area contributed by atoms with Gasteiger partial charge in [0.15, 0.2) is 0 Å². The average molecular weight is 205 g/mol. The molecule has 0 fully saturated rings. The fourth-order valence-electron chi connectivity index (χ4n) is 2.30. The quantitative estimate of drug-likeness (QED) is 0.798. The summed E-state index contributed by atoms with van der Waals surface area (Å²) >= 11 is 0. The predicted molar refractivity (Wildman–Crippen MR) is 63.4 cm³/mol. The molecule has 0 aliphatic carbocycles. The maximum atomic E-state index is 9.85. The van der Waals surface area contributed by atoms with Gasteiger partial charge in [-0.25, -0.2) is 0 Å². The van der Waals surface area contributed by atoms with E-state index in [4.69, 9.17) is 0 Å². The van der Waals surface area contributed by atoms with Gasteiger partial charge in [-0.3, -0.25) is 0 Å². The third-order valence-electron chi connectivity index (χ3n) is 2.98. The normalized spacial score (nSPS) is 15.6. The van der Waals surface area contributed by atoms with Gasteiger partial charge in [-0.2, -0.15) is 0 Å². The average Bonchev–Trinajstić information content (AvgIpc) is 2.47. The molecule has 1 aromatic rings. The molecular formula is C13H19NO. The Morgan fingerprint density at radius 2 is 2.13 bits per heavy atom. The van der Waals surface area contributed by atoms with Crippen LogP contribution in [0.4, 0.5) is 5.69 Å². The van der Waals surface area contributed by atoms with E-state index in [0.717, 1.165) is 19.4 Å². The van der Waals surface area contributed by atoms with Crippen molar-refractivity contribution in [3.8, 4) is 0 Å². The highest BCUT2D eigenvalue weighted by molar-refractivity contribution is 5.60. The van der Waals surface area contributed by atoms with E-state index in [1.165, 1.54) is 16.8 Å². The molecule has 2 nitrogen and oxygen atoms in total. The van der Waals surface area contributed by atoms with Gasteiger partial charge >= 0.3 is 0 Å². The fraction of sp³-hybridized carbons (Fsp3) is 0.538. The Morgan fingerprint density at radius 1 is 1.40 bits per heavy atom. The highest BCUT2D eigenvalue weighted by Crippen LogP contribution is 2.31. The molecule has 0 atom stereocenters. The Labute approximate surface area is 91.5 Å². The first-order valence-corrected chi connectivity index (χ1v) is 5.52. The molecular weight excluding hydrogens is 186 g/mol. The fourth-order valence-corrected chi connectivity index (χ4v) is 2.30. The van der Waals surface area contributed by atoms with Crippen LogP contribution in [0.15, 0.2) is 18.2 Å². The van der Waals surface area contributed by atoms with Crippen LogP contribution in [0.2, 0.25) is 0 Å². The van der Waals surface area contributed by atoms with Crippen LogP contribution in [0.25, 0.3) is 0 Å². The molecule has 1 aromatic carbocycles. The van der Waals surface area contributed by atoms with Crippen LogP contribution in [0.1, 0.15) is 25.0 Å². The third kappa shape index (κ3) is 2.15. The second-order valence-corrected chi connectivity index (χ2v) is 5.08. The number of anilines is 1. The van der Waals surface area contributed by atoms with Gasteiger partial charge in [-0.05, 0) is 37.5 Å². The molecule has 1 N–H and O–H groups in total. The minimum atomic E-state index is -0.615. The molecule has 15 heavy (non-hydrogen) atoms. The van der Waals surface area contributed by atoms with Gasteiger partial charge in [-0.1, -0.05) is 12.1 Å². The van der Waals surface area contributed by atoms with Crippen molar-refractivity contribution in [2.75, 3.05) is 18.5 Å². The molecule has 0 saturated carbocycles. The van der Waals surface area contributed by atoms with E-state index < -0.39 is 5.60 Å². The summed E-state index contributed by atoms with van der Waals surface area (Å²) in [6.45, 7) is 4.83. The first kappa shape index (κ1) is 10.5. The maximum Gasteiger partial charge on any atom is 0.0632 e. The lowest BCUT2D eigenvalue weighted by atomic mass is 9.94. The van der Waals surface area contributed by atoms with Crippen molar-refractivity contribution in [3.05, 3.63) is 29.3 Å². The Morgan fingerprint density at radius 3 is 2.80 bits per heavy atom. The van der Waals surface area contributed by atoms with Crippen LogP contribution >= 0.6 is 0 Å². The summed E-state index contributed by atoms with van der Waals surface area (Å²) in [6.07, 6.45) is 1.85. The van der Waals surface area contributed by atoms with Crippen molar-refractivity contribution in [1.29, 1.82) is 0 Å². The largest absolute Gasteiger partial charge is 0.390 e.